The van der Waals surface area contributed by atoms with Gasteiger partial charge >= 0.3 is 0 Å². The molecule has 1 aromatic heterocycles. The first kappa shape index (κ1) is 13.3. The Morgan fingerprint density at radius 2 is 1.95 bits per heavy atom. The number of nitrogens with one attached hydrogen (secondary N) is 1. The lowest BCUT2D eigenvalue weighted by molar-refractivity contribution is 0.506. The van der Waals surface area contributed by atoms with Crippen molar-refractivity contribution >= 4 is 10.0 Å². The molecule has 1 aliphatic carbocycles. The molecule has 1 heterocycles. The summed E-state index contributed by atoms with van der Waals surface area (Å²) in [5, 5.41) is 0. The van der Waals surface area contributed by atoms with Gasteiger partial charge in [0.05, 0.1) is 4.90 Å². The summed E-state index contributed by atoms with van der Waals surface area (Å²) in [7, 11) is -3.47. The van der Waals surface area contributed by atoms with Crippen LogP contribution >= 0.6 is 0 Å². The van der Waals surface area contributed by atoms with Crippen LogP contribution in [0.15, 0.2) is 53.7 Å². The van der Waals surface area contributed by atoms with Gasteiger partial charge in [-0.15, -0.1) is 0 Å². The van der Waals surface area contributed by atoms with Crippen molar-refractivity contribution < 1.29 is 8.42 Å². The highest BCUT2D eigenvalue weighted by Crippen LogP contribution is 2.30. The normalized spacial score (nSPS) is 18.5. The maximum atomic E-state index is 12.4. The summed E-state index contributed by atoms with van der Waals surface area (Å²) in [6, 6.07) is 10.2. The molecule has 2 aromatic rings. The van der Waals surface area contributed by atoms with Gasteiger partial charge in [-0.05, 0) is 48.6 Å². The van der Waals surface area contributed by atoms with Crippen molar-refractivity contribution in [1.29, 1.82) is 0 Å². The van der Waals surface area contributed by atoms with Gasteiger partial charge in [0.1, 0.15) is 0 Å². The van der Waals surface area contributed by atoms with Crippen LogP contribution in [0.4, 0.5) is 0 Å². The number of hydrogen-bond donors (Lipinski definition) is 1. The van der Waals surface area contributed by atoms with Gasteiger partial charge in [0.25, 0.3) is 0 Å². The van der Waals surface area contributed by atoms with Gasteiger partial charge in [0.2, 0.25) is 10.0 Å². The summed E-state index contributed by atoms with van der Waals surface area (Å²) >= 11 is 0. The largest absolute Gasteiger partial charge is 0.264 e. The summed E-state index contributed by atoms with van der Waals surface area (Å²) in [5.41, 5.74) is 2.19. The van der Waals surface area contributed by atoms with E-state index in [-0.39, 0.29) is 6.04 Å². The lowest BCUT2D eigenvalue weighted by atomic mass is 9.90. The van der Waals surface area contributed by atoms with Crippen LogP contribution < -0.4 is 4.72 Å². The fraction of sp³-hybridized carbons (Fsp3) is 0.267. The summed E-state index contributed by atoms with van der Waals surface area (Å²) in [6.07, 6.45) is 6.31. The molecule has 0 saturated carbocycles. The van der Waals surface area contributed by atoms with Crippen molar-refractivity contribution in [1.82, 2.24) is 9.71 Å². The van der Waals surface area contributed by atoms with Crippen LogP contribution in [0.25, 0.3) is 0 Å². The van der Waals surface area contributed by atoms with Crippen LogP contribution in [-0.2, 0) is 16.4 Å². The molecular weight excluding hydrogens is 272 g/mol. The first-order valence-electron chi connectivity index (χ1n) is 6.67. The number of pyridine rings is 1. The highest BCUT2D eigenvalue weighted by Gasteiger charge is 2.25. The summed E-state index contributed by atoms with van der Waals surface area (Å²) in [6.45, 7) is 0. The van der Waals surface area contributed by atoms with Crippen LogP contribution in [0, 0.1) is 0 Å². The number of aromatic nitrogens is 1. The van der Waals surface area contributed by atoms with Crippen LogP contribution in [0.5, 0.6) is 0 Å². The molecule has 0 radical (unpaired) electrons. The molecule has 1 aliphatic rings. The molecule has 1 unspecified atom stereocenters. The standard InChI is InChI=1S/C15H16N2O2S/c18-20(19,13-6-2-1-3-7-13)17-15-8-4-5-12-11-16-10-9-14(12)15/h1-3,6-7,9-11,15,17H,4-5,8H2. The van der Waals surface area contributed by atoms with Crippen LogP contribution in [-0.4, -0.2) is 13.4 Å². The molecule has 104 valence electrons. The quantitative estimate of drug-likeness (QED) is 0.943. The Hall–Kier alpha value is -1.72. The highest BCUT2D eigenvalue weighted by molar-refractivity contribution is 7.89. The summed E-state index contributed by atoms with van der Waals surface area (Å²) in [4.78, 5) is 4.42. The first-order valence-corrected chi connectivity index (χ1v) is 8.15. The van der Waals surface area contributed by atoms with Crippen LogP contribution in [0.3, 0.4) is 0 Å². The van der Waals surface area contributed by atoms with Crippen molar-refractivity contribution in [2.75, 3.05) is 0 Å². The predicted octanol–water partition coefficient (Wildman–Crippen LogP) is 2.44. The monoisotopic (exact) mass is 288 g/mol. The van der Waals surface area contributed by atoms with Crippen LogP contribution in [0.1, 0.15) is 30.0 Å². The van der Waals surface area contributed by atoms with Gasteiger partial charge in [-0.1, -0.05) is 18.2 Å². The van der Waals surface area contributed by atoms with E-state index in [9.17, 15) is 8.42 Å². The topological polar surface area (TPSA) is 59.1 Å². The zero-order valence-electron chi connectivity index (χ0n) is 11.0. The van der Waals surface area contributed by atoms with Crippen molar-refractivity contribution in [3.8, 4) is 0 Å². The third-order valence-electron chi connectivity index (χ3n) is 3.61. The van der Waals surface area contributed by atoms with Gasteiger partial charge in [-0.25, -0.2) is 13.1 Å². The number of hydrogen-bond acceptors (Lipinski definition) is 3. The molecule has 3 rings (SSSR count). The van der Waals surface area contributed by atoms with Crippen molar-refractivity contribution in [3.05, 3.63) is 59.9 Å². The molecule has 0 amide bonds. The lowest BCUT2D eigenvalue weighted by Crippen LogP contribution is -2.31. The van der Waals surface area contributed by atoms with E-state index in [1.165, 1.54) is 0 Å². The fourth-order valence-corrected chi connectivity index (χ4v) is 3.89. The molecule has 4 nitrogen and oxygen atoms in total. The van der Waals surface area contributed by atoms with Gasteiger partial charge in [-0.3, -0.25) is 4.98 Å². The maximum absolute atomic E-state index is 12.4. The van der Waals surface area contributed by atoms with Gasteiger partial charge in [-0.2, -0.15) is 0 Å². The van der Waals surface area contributed by atoms with Gasteiger partial charge in [0, 0.05) is 18.4 Å². The molecule has 0 aliphatic heterocycles. The first-order chi connectivity index (χ1) is 9.67. The molecular formula is C15H16N2O2S. The summed E-state index contributed by atoms with van der Waals surface area (Å²) in [5.74, 6) is 0. The van der Waals surface area contributed by atoms with Crippen molar-refractivity contribution in [2.45, 2.75) is 30.2 Å². The summed E-state index contributed by atoms with van der Waals surface area (Å²) < 4.78 is 27.6. The Balaban J connectivity index is 1.90. The molecule has 5 heteroatoms. The van der Waals surface area contributed by atoms with E-state index in [1.54, 1.807) is 36.5 Å². The minimum absolute atomic E-state index is 0.160. The Labute approximate surface area is 118 Å². The second-order valence-electron chi connectivity index (χ2n) is 4.95. The van der Waals surface area contributed by atoms with E-state index < -0.39 is 10.0 Å². The van der Waals surface area contributed by atoms with Crippen molar-refractivity contribution in [2.24, 2.45) is 0 Å². The van der Waals surface area contributed by atoms with E-state index in [4.69, 9.17) is 0 Å². The molecule has 20 heavy (non-hydrogen) atoms. The van der Waals surface area contributed by atoms with E-state index in [0.29, 0.717) is 4.90 Å². The molecule has 1 aromatic carbocycles. The molecule has 0 bridgehead atoms. The molecule has 0 saturated heterocycles. The number of benzene rings is 1. The van der Waals surface area contributed by atoms with E-state index in [2.05, 4.69) is 9.71 Å². The Morgan fingerprint density at radius 3 is 2.75 bits per heavy atom. The van der Waals surface area contributed by atoms with Crippen molar-refractivity contribution in [3.63, 3.8) is 0 Å². The zero-order chi connectivity index (χ0) is 14.0. The SMILES string of the molecule is O=S(=O)(NC1CCCc2cnccc21)c1ccccc1. The average Bonchev–Trinajstić information content (AvgIpc) is 2.48. The zero-order valence-corrected chi connectivity index (χ0v) is 11.8. The highest BCUT2D eigenvalue weighted by atomic mass is 32.2. The lowest BCUT2D eigenvalue weighted by Gasteiger charge is -2.25. The van der Waals surface area contributed by atoms with E-state index in [1.807, 2.05) is 12.3 Å². The second kappa shape index (κ2) is 5.34. The Bertz CT molecular complexity index is 699. The van der Waals surface area contributed by atoms with Gasteiger partial charge in [0.15, 0.2) is 0 Å². The predicted molar refractivity (Wildman–Crippen MR) is 76.7 cm³/mol. The molecule has 0 spiro atoms. The average molecular weight is 288 g/mol. The molecule has 1 N–H and O–H groups in total. The third kappa shape index (κ3) is 2.59. The Kier molecular flexibility index (Phi) is 3.54. The minimum atomic E-state index is -3.47. The number of rotatable bonds is 3. The second-order valence-corrected chi connectivity index (χ2v) is 6.67. The number of sulfonamides is 1. The number of nitrogens with zero attached hydrogens (tertiary/aromatic N) is 1. The number of fused-ring (bicyclic) bond motifs is 1. The number of aryl methyl sites for hydroxylation is 1. The molecule has 0 fully saturated rings. The smallest absolute Gasteiger partial charge is 0.241 e. The van der Waals surface area contributed by atoms with E-state index in [0.717, 1.165) is 30.4 Å². The maximum Gasteiger partial charge on any atom is 0.241 e. The molecule has 1 atom stereocenters. The van der Waals surface area contributed by atoms with Crippen LogP contribution in [0.2, 0.25) is 0 Å². The Morgan fingerprint density at radius 1 is 1.15 bits per heavy atom. The van der Waals surface area contributed by atoms with E-state index >= 15 is 0 Å². The third-order valence-corrected chi connectivity index (χ3v) is 5.09. The minimum Gasteiger partial charge on any atom is -0.264 e. The fourth-order valence-electron chi connectivity index (χ4n) is 2.62. The van der Waals surface area contributed by atoms with Gasteiger partial charge < -0.3 is 0 Å².